The maximum Gasteiger partial charge on any atom is 0.472 e. The van der Waals surface area contributed by atoms with E-state index in [-0.39, 0.29) is 19.1 Å². The summed E-state index contributed by atoms with van der Waals surface area (Å²) < 4.78 is 23.5. The van der Waals surface area contributed by atoms with Crippen molar-refractivity contribution in [3.8, 4) is 0 Å². The Hall–Kier alpha value is -1.02. The van der Waals surface area contributed by atoms with Gasteiger partial charge in [-0.1, -0.05) is 186 Å². The van der Waals surface area contributed by atoms with Gasteiger partial charge in [-0.3, -0.25) is 13.8 Å². The number of carbonyl (C=O) groups is 1. The predicted molar refractivity (Wildman–Crippen MR) is 235 cm³/mol. The Morgan fingerprint density at radius 1 is 0.600 bits per heavy atom. The van der Waals surface area contributed by atoms with Gasteiger partial charge in [-0.25, -0.2) is 4.57 Å². The average Bonchev–Trinajstić information content (AvgIpc) is 3.13. The molecule has 3 atom stereocenters. The molecular weight excluding hydrogens is 707 g/mol. The lowest BCUT2D eigenvalue weighted by molar-refractivity contribution is -0.870. The maximum absolute atomic E-state index is 12.9. The first-order valence-electron chi connectivity index (χ1n) is 23.2. The molecule has 0 bridgehead atoms. The van der Waals surface area contributed by atoms with Gasteiger partial charge in [-0.15, -0.1) is 0 Å². The summed E-state index contributed by atoms with van der Waals surface area (Å²) >= 11 is 0. The highest BCUT2D eigenvalue weighted by Crippen LogP contribution is 2.43. The molecule has 0 saturated carbocycles. The molecule has 1 amide bonds. The predicted octanol–water partition coefficient (Wildman–Crippen LogP) is 12.9. The molecule has 0 aromatic rings. The van der Waals surface area contributed by atoms with Crippen LogP contribution in [0.4, 0.5) is 0 Å². The zero-order valence-electron chi connectivity index (χ0n) is 36.9. The highest BCUT2D eigenvalue weighted by molar-refractivity contribution is 7.47. The van der Waals surface area contributed by atoms with Gasteiger partial charge in [0.1, 0.15) is 13.2 Å². The van der Waals surface area contributed by atoms with Crippen molar-refractivity contribution in [3.05, 3.63) is 24.3 Å². The second-order valence-corrected chi connectivity index (χ2v) is 18.6. The van der Waals surface area contributed by atoms with Crippen LogP contribution in [-0.4, -0.2) is 73.4 Å². The average molecular weight is 800 g/mol. The fraction of sp³-hybridized carbons (Fsp3) is 0.891. The smallest absolute Gasteiger partial charge is 0.387 e. The summed E-state index contributed by atoms with van der Waals surface area (Å²) in [4.78, 5) is 23.1. The summed E-state index contributed by atoms with van der Waals surface area (Å²) in [6, 6.07) is -0.841. The Kier molecular flexibility index (Phi) is 37.8. The van der Waals surface area contributed by atoms with E-state index in [9.17, 15) is 19.4 Å². The number of phosphoric ester groups is 1. The van der Waals surface area contributed by atoms with E-state index in [1.165, 1.54) is 154 Å². The van der Waals surface area contributed by atoms with Crippen molar-refractivity contribution in [1.82, 2.24) is 5.32 Å². The molecular formula is C46H92N2O6P+. The number of carbonyl (C=O) groups excluding carboxylic acids is 1. The molecule has 0 aliphatic heterocycles. The quantitative estimate of drug-likeness (QED) is 0.0246. The van der Waals surface area contributed by atoms with Crippen LogP contribution < -0.4 is 5.32 Å². The van der Waals surface area contributed by atoms with Gasteiger partial charge in [0.25, 0.3) is 0 Å². The van der Waals surface area contributed by atoms with Crippen molar-refractivity contribution in [3.63, 3.8) is 0 Å². The van der Waals surface area contributed by atoms with Gasteiger partial charge in [0, 0.05) is 6.42 Å². The number of nitrogens with zero attached hydrogens (tertiary/aromatic N) is 1. The minimum atomic E-state index is -4.33. The number of nitrogens with one attached hydrogen (secondary N) is 1. The number of quaternary nitrogens is 1. The molecule has 1 unspecified atom stereocenters. The number of likely N-dealkylation sites (N-methyl/N-ethyl adjacent to an activating group) is 1. The number of unbranched alkanes of at least 4 members (excludes halogenated alkanes) is 27. The monoisotopic (exact) mass is 800 g/mol. The zero-order valence-corrected chi connectivity index (χ0v) is 37.8. The summed E-state index contributed by atoms with van der Waals surface area (Å²) in [5.74, 6) is -0.178. The van der Waals surface area contributed by atoms with Crippen LogP contribution >= 0.6 is 7.82 Å². The number of amides is 1. The summed E-state index contributed by atoms with van der Waals surface area (Å²) in [6.07, 6.45) is 45.4. The summed E-state index contributed by atoms with van der Waals surface area (Å²) in [5, 5.41) is 13.8. The minimum Gasteiger partial charge on any atom is -0.387 e. The molecule has 0 aliphatic carbocycles. The van der Waals surface area contributed by atoms with E-state index >= 15 is 0 Å². The van der Waals surface area contributed by atoms with E-state index in [0.29, 0.717) is 17.4 Å². The van der Waals surface area contributed by atoms with Crippen molar-refractivity contribution in [1.29, 1.82) is 0 Å². The highest BCUT2D eigenvalue weighted by Gasteiger charge is 2.27. The third-order valence-corrected chi connectivity index (χ3v) is 11.4. The van der Waals surface area contributed by atoms with Crippen LogP contribution in [0.2, 0.25) is 0 Å². The van der Waals surface area contributed by atoms with Gasteiger partial charge in [0.2, 0.25) is 5.91 Å². The van der Waals surface area contributed by atoms with Gasteiger partial charge in [-0.2, -0.15) is 0 Å². The van der Waals surface area contributed by atoms with Gasteiger partial charge < -0.3 is 19.8 Å². The maximum atomic E-state index is 12.9. The van der Waals surface area contributed by atoms with Crippen LogP contribution in [0.5, 0.6) is 0 Å². The molecule has 9 heteroatoms. The zero-order chi connectivity index (χ0) is 40.7. The number of hydrogen-bond donors (Lipinski definition) is 3. The molecule has 55 heavy (non-hydrogen) atoms. The van der Waals surface area contributed by atoms with Crippen molar-refractivity contribution < 1.29 is 32.9 Å². The third-order valence-electron chi connectivity index (χ3n) is 10.4. The molecule has 0 aromatic carbocycles. The van der Waals surface area contributed by atoms with Crippen LogP contribution in [0.3, 0.4) is 0 Å². The summed E-state index contributed by atoms with van der Waals surface area (Å²) in [6.45, 7) is 4.79. The first-order valence-corrected chi connectivity index (χ1v) is 24.7. The van der Waals surface area contributed by atoms with Crippen molar-refractivity contribution >= 4 is 13.7 Å². The lowest BCUT2D eigenvalue weighted by Crippen LogP contribution is -2.45. The normalized spacial score (nSPS) is 14.5. The van der Waals surface area contributed by atoms with Gasteiger partial charge in [-0.05, 0) is 44.9 Å². The number of hydrogen-bond acceptors (Lipinski definition) is 5. The molecule has 0 spiro atoms. The van der Waals surface area contributed by atoms with Crippen LogP contribution in [-0.2, 0) is 18.4 Å². The minimum absolute atomic E-state index is 0.0627. The van der Waals surface area contributed by atoms with E-state index in [0.717, 1.165) is 38.5 Å². The number of aliphatic hydroxyl groups excluding tert-OH is 1. The lowest BCUT2D eigenvalue weighted by atomic mass is 10.0. The molecule has 0 saturated heterocycles. The van der Waals surface area contributed by atoms with E-state index in [1.54, 1.807) is 6.08 Å². The van der Waals surface area contributed by atoms with Crippen LogP contribution in [0.1, 0.15) is 213 Å². The van der Waals surface area contributed by atoms with Crippen LogP contribution in [0.15, 0.2) is 24.3 Å². The molecule has 8 nitrogen and oxygen atoms in total. The van der Waals surface area contributed by atoms with Crippen LogP contribution in [0, 0.1) is 0 Å². The van der Waals surface area contributed by atoms with E-state index < -0.39 is 20.0 Å². The van der Waals surface area contributed by atoms with E-state index in [4.69, 9.17) is 9.05 Å². The third kappa shape index (κ3) is 41.0. The van der Waals surface area contributed by atoms with Crippen LogP contribution in [0.25, 0.3) is 0 Å². The second kappa shape index (κ2) is 38.5. The van der Waals surface area contributed by atoms with Crippen molar-refractivity contribution in [2.75, 3.05) is 40.9 Å². The molecule has 3 N–H and O–H groups in total. The molecule has 0 heterocycles. The molecule has 0 rings (SSSR count). The summed E-state index contributed by atoms with van der Waals surface area (Å²) in [5.41, 5.74) is 0. The molecule has 0 radical (unpaired) electrons. The Balaban J connectivity index is 4.20. The largest absolute Gasteiger partial charge is 0.472 e. The Bertz CT molecular complexity index is 953. The fourth-order valence-corrected chi connectivity index (χ4v) is 7.42. The SMILES string of the molecule is CCCCCCCC/C=C/CCCCCCCCCCCCCCCC(=O)N[C@@H](COP(=O)(O)OCC[N+](C)(C)C)[C@H](O)/C=C/CCCCCCCCCC. The Labute approximate surface area is 341 Å². The number of allylic oxidation sites excluding steroid dienone is 3. The summed E-state index contributed by atoms with van der Waals surface area (Å²) in [7, 11) is 1.57. The van der Waals surface area contributed by atoms with Gasteiger partial charge >= 0.3 is 7.82 Å². The van der Waals surface area contributed by atoms with E-state index in [2.05, 4.69) is 31.3 Å². The van der Waals surface area contributed by atoms with E-state index in [1.807, 2.05) is 27.2 Å². The second-order valence-electron chi connectivity index (χ2n) is 17.1. The molecule has 0 aromatic heterocycles. The van der Waals surface area contributed by atoms with Crippen molar-refractivity contribution in [2.45, 2.75) is 225 Å². The Morgan fingerprint density at radius 2 is 0.982 bits per heavy atom. The van der Waals surface area contributed by atoms with Gasteiger partial charge in [0.15, 0.2) is 0 Å². The first kappa shape index (κ1) is 54.0. The number of phosphoric acid groups is 1. The molecule has 326 valence electrons. The Morgan fingerprint density at radius 3 is 1.40 bits per heavy atom. The first-order chi connectivity index (χ1) is 26.5. The molecule has 0 aliphatic rings. The fourth-order valence-electron chi connectivity index (χ4n) is 6.68. The standard InChI is InChI=1S/C46H91N2O6P/c1-6-8-10-12-14-16-18-19-20-21-22-23-24-25-26-27-28-29-30-32-34-36-38-40-46(50)47-44(43-54-55(51,52)53-42-41-48(3,4)5)45(49)39-37-35-33-31-17-15-13-11-9-7-2/h19-20,37,39,44-45,49H,6-18,21-36,38,40-43H2,1-5H3,(H-,47,50,51,52)/p+1/b20-19+,39-37+/t44-,45+/m0/s1. The number of aliphatic hydroxyl groups is 1. The molecule has 0 fully saturated rings. The van der Waals surface area contributed by atoms with Crippen molar-refractivity contribution in [2.24, 2.45) is 0 Å². The van der Waals surface area contributed by atoms with Gasteiger partial charge in [0.05, 0.1) is 39.9 Å². The highest BCUT2D eigenvalue weighted by atomic mass is 31.2. The topological polar surface area (TPSA) is 105 Å². The lowest BCUT2D eigenvalue weighted by Gasteiger charge is -2.25. The number of rotatable bonds is 42.